The molecule has 0 fully saturated rings. The zero-order valence-corrected chi connectivity index (χ0v) is 11.7. The van der Waals surface area contributed by atoms with Gasteiger partial charge in [0.25, 0.3) is 0 Å². The predicted molar refractivity (Wildman–Crippen MR) is 50.7 cm³/mol. The van der Waals surface area contributed by atoms with Gasteiger partial charge in [0.15, 0.2) is 0 Å². The summed E-state index contributed by atoms with van der Waals surface area (Å²) in [7, 11) is 0. The average Bonchev–Trinajstić information content (AvgIpc) is 1.64. The van der Waals surface area contributed by atoms with Crippen molar-refractivity contribution in [1.29, 1.82) is 0 Å². The van der Waals surface area contributed by atoms with Crippen LogP contribution in [0.1, 0.15) is 0 Å². The smallest absolute Gasteiger partial charge is 0 e. The van der Waals surface area contributed by atoms with Crippen molar-refractivity contribution < 1.29 is 32.7 Å². The predicted octanol–water partition coefficient (Wildman–Crippen LogP) is 2.69. The van der Waals surface area contributed by atoms with E-state index in [1.54, 1.807) is 0 Å². The van der Waals surface area contributed by atoms with Crippen molar-refractivity contribution in [3.8, 4) is 0 Å². The molecule has 1 radical (unpaired) electrons. The molecule has 0 aromatic heterocycles. The van der Waals surface area contributed by atoms with E-state index in [1.807, 2.05) is 12.1 Å². The van der Waals surface area contributed by atoms with Crippen molar-refractivity contribution >= 4 is 45.2 Å². The molecule has 0 nitrogen and oxygen atoms in total. The molecular formula is C6H3I2Y-. The van der Waals surface area contributed by atoms with E-state index in [1.165, 1.54) is 7.14 Å². The first-order chi connectivity index (χ1) is 3.79. The summed E-state index contributed by atoms with van der Waals surface area (Å²) >= 11 is 4.54. The summed E-state index contributed by atoms with van der Waals surface area (Å²) in [4.78, 5) is 0. The van der Waals surface area contributed by atoms with Crippen LogP contribution in [0.3, 0.4) is 0 Å². The maximum atomic E-state index is 3.01. The summed E-state index contributed by atoms with van der Waals surface area (Å²) in [5.41, 5.74) is 0. The summed E-state index contributed by atoms with van der Waals surface area (Å²) in [6.07, 6.45) is 0. The molecule has 9 heavy (non-hydrogen) atoms. The van der Waals surface area contributed by atoms with Crippen LogP contribution in [0.5, 0.6) is 0 Å². The summed E-state index contributed by atoms with van der Waals surface area (Å²) in [6, 6.07) is 9.04. The van der Waals surface area contributed by atoms with Crippen LogP contribution >= 0.6 is 45.2 Å². The molecule has 0 spiro atoms. The first kappa shape index (κ1) is 10.8. The molecule has 0 unspecified atom stereocenters. The molecule has 3 heteroatoms. The van der Waals surface area contributed by atoms with E-state index in [4.69, 9.17) is 0 Å². The molecule has 1 rings (SSSR count). The van der Waals surface area contributed by atoms with Crippen LogP contribution in [-0.4, -0.2) is 0 Å². The minimum Gasteiger partial charge on any atom is -0.182 e. The first-order valence-corrected chi connectivity index (χ1v) is 4.27. The van der Waals surface area contributed by atoms with E-state index in [0.717, 1.165) is 0 Å². The van der Waals surface area contributed by atoms with Crippen LogP contribution < -0.4 is 0 Å². The van der Waals surface area contributed by atoms with Crippen molar-refractivity contribution in [1.82, 2.24) is 0 Å². The van der Waals surface area contributed by atoms with Crippen LogP contribution in [0.25, 0.3) is 0 Å². The van der Waals surface area contributed by atoms with Crippen LogP contribution in [0, 0.1) is 13.2 Å². The molecule has 0 aliphatic rings. The van der Waals surface area contributed by atoms with Gasteiger partial charge in [-0.05, 0) is 0 Å². The Kier molecular flexibility index (Phi) is 6.51. The minimum absolute atomic E-state index is 0. The van der Waals surface area contributed by atoms with Gasteiger partial charge in [0, 0.05) is 32.7 Å². The fraction of sp³-hybridized carbons (Fsp3) is 0. The van der Waals surface area contributed by atoms with Gasteiger partial charge in [0.05, 0.1) is 0 Å². The van der Waals surface area contributed by atoms with E-state index < -0.39 is 0 Å². The molecular weight excluding hydrogens is 415 g/mol. The standard InChI is InChI=1S/C6H3I2.Y/c7-5-2-1-3-6(8)4-5;/h2-4H;/q-1;. The van der Waals surface area contributed by atoms with Gasteiger partial charge in [-0.25, -0.2) is 0 Å². The normalized spacial score (nSPS) is 8.22. The molecule has 0 saturated heterocycles. The fourth-order valence-electron chi connectivity index (χ4n) is 0.416. The van der Waals surface area contributed by atoms with Gasteiger partial charge < -0.3 is 0 Å². The fourth-order valence-corrected chi connectivity index (χ4v) is 2.04. The Labute approximate surface area is 107 Å². The van der Waals surface area contributed by atoms with Crippen molar-refractivity contribution in [3.05, 3.63) is 31.4 Å². The SMILES string of the molecule is Ic1c[c-]cc(I)c1.[Y]. The summed E-state index contributed by atoms with van der Waals surface area (Å²) in [6.45, 7) is 0. The Morgan fingerprint density at radius 3 is 1.78 bits per heavy atom. The molecule has 0 N–H and O–H groups in total. The minimum atomic E-state index is 0. The molecule has 0 heterocycles. The second-order valence-corrected chi connectivity index (χ2v) is 3.86. The van der Waals surface area contributed by atoms with Crippen LogP contribution in [0.15, 0.2) is 18.2 Å². The van der Waals surface area contributed by atoms with Crippen molar-refractivity contribution in [2.24, 2.45) is 0 Å². The number of benzene rings is 1. The molecule has 0 saturated carbocycles. The maximum absolute atomic E-state index is 3.01. The van der Waals surface area contributed by atoms with Gasteiger partial charge in [-0.1, -0.05) is 7.14 Å². The van der Waals surface area contributed by atoms with E-state index in [9.17, 15) is 0 Å². The summed E-state index contributed by atoms with van der Waals surface area (Å²) < 4.78 is 2.49. The van der Waals surface area contributed by atoms with E-state index in [2.05, 4.69) is 57.3 Å². The number of rotatable bonds is 0. The Balaban J connectivity index is 0.000000640. The Hall–Kier alpha value is 1.78. The largest absolute Gasteiger partial charge is 0.182 e. The van der Waals surface area contributed by atoms with Gasteiger partial charge in [-0.3, -0.25) is 0 Å². The van der Waals surface area contributed by atoms with E-state index in [-0.39, 0.29) is 32.7 Å². The third-order valence-corrected chi connectivity index (χ3v) is 1.96. The number of halogens is 2. The molecule has 0 atom stereocenters. The van der Waals surface area contributed by atoms with Crippen molar-refractivity contribution in [2.45, 2.75) is 0 Å². The van der Waals surface area contributed by atoms with Gasteiger partial charge in [-0.15, -0.1) is 51.2 Å². The topological polar surface area (TPSA) is 0 Å². The average molecular weight is 418 g/mol. The Bertz CT molecular complexity index is 171. The molecule has 0 amide bonds. The third kappa shape index (κ3) is 4.27. The Morgan fingerprint density at radius 1 is 1.11 bits per heavy atom. The van der Waals surface area contributed by atoms with E-state index >= 15 is 0 Å². The van der Waals surface area contributed by atoms with Crippen molar-refractivity contribution in [2.75, 3.05) is 0 Å². The zero-order chi connectivity index (χ0) is 5.98. The van der Waals surface area contributed by atoms with Crippen LogP contribution in [-0.2, 0) is 32.7 Å². The van der Waals surface area contributed by atoms with Gasteiger partial charge >= 0.3 is 0 Å². The van der Waals surface area contributed by atoms with Crippen LogP contribution in [0.2, 0.25) is 0 Å². The van der Waals surface area contributed by atoms with Gasteiger partial charge in [-0.2, -0.15) is 18.2 Å². The zero-order valence-electron chi connectivity index (χ0n) is 4.57. The quantitative estimate of drug-likeness (QED) is 0.450. The van der Waals surface area contributed by atoms with Gasteiger partial charge in [0.2, 0.25) is 0 Å². The maximum Gasteiger partial charge on any atom is 0 e. The Morgan fingerprint density at radius 2 is 1.56 bits per heavy atom. The van der Waals surface area contributed by atoms with Gasteiger partial charge in [0.1, 0.15) is 0 Å². The van der Waals surface area contributed by atoms with Crippen molar-refractivity contribution in [3.63, 3.8) is 0 Å². The molecule has 45 valence electrons. The molecule has 1 aromatic carbocycles. The summed E-state index contributed by atoms with van der Waals surface area (Å²) in [5, 5.41) is 0. The monoisotopic (exact) mass is 418 g/mol. The second kappa shape index (κ2) is 5.44. The molecule has 1 aromatic rings. The second-order valence-electron chi connectivity index (χ2n) is 1.37. The molecule has 0 bridgehead atoms. The molecule has 0 aliphatic carbocycles. The first-order valence-electron chi connectivity index (χ1n) is 2.11. The number of hydrogen-bond acceptors (Lipinski definition) is 0. The van der Waals surface area contributed by atoms with Crippen LogP contribution in [0.4, 0.5) is 0 Å². The third-order valence-electron chi connectivity index (χ3n) is 0.718. The molecule has 0 aliphatic heterocycles. The number of hydrogen-bond donors (Lipinski definition) is 0. The summed E-state index contributed by atoms with van der Waals surface area (Å²) in [5.74, 6) is 0. The van der Waals surface area contributed by atoms with E-state index in [0.29, 0.717) is 0 Å².